The molecule has 1 saturated heterocycles. The molecule has 0 spiro atoms. The number of aryl methyl sites for hydroxylation is 1. The number of Topliss-reactive ketones (excluding diaryl/α,β-unsaturated/α-hetero) is 1. The molecule has 35 heavy (non-hydrogen) atoms. The Balaban J connectivity index is 2.00. The molecule has 0 saturated carbocycles. The van der Waals surface area contributed by atoms with Gasteiger partial charge < -0.3 is 14.6 Å². The lowest BCUT2D eigenvalue weighted by molar-refractivity contribution is -0.132. The number of ether oxygens (including phenoxy) is 2. The number of halogens is 3. The number of carbonyl (C=O) groups excluding carboxylic acids is 2. The number of aliphatic hydroxyl groups is 1. The number of methoxy groups -OCH3 is 2. The van der Waals surface area contributed by atoms with Crippen molar-refractivity contribution >= 4 is 46.3 Å². The van der Waals surface area contributed by atoms with Gasteiger partial charge in [0.1, 0.15) is 23.1 Å². The molecule has 180 valence electrons. The highest BCUT2D eigenvalue weighted by Gasteiger charge is 2.47. The number of carbonyl (C=O) groups is 2. The zero-order valence-corrected chi connectivity index (χ0v) is 20.4. The minimum atomic E-state index is -1.05. The summed E-state index contributed by atoms with van der Waals surface area (Å²) < 4.78 is 24.4. The minimum absolute atomic E-state index is 0.152. The third kappa shape index (κ3) is 4.33. The average molecular weight is 516 g/mol. The predicted molar refractivity (Wildman–Crippen MR) is 132 cm³/mol. The van der Waals surface area contributed by atoms with Gasteiger partial charge in [0.15, 0.2) is 0 Å². The average Bonchev–Trinajstić information content (AvgIpc) is 3.10. The van der Waals surface area contributed by atoms with E-state index in [4.69, 9.17) is 32.7 Å². The summed E-state index contributed by atoms with van der Waals surface area (Å²) in [6.45, 7) is 1.77. The highest BCUT2D eigenvalue weighted by molar-refractivity contribution is 6.52. The van der Waals surface area contributed by atoms with E-state index in [1.807, 2.05) is 0 Å². The third-order valence-electron chi connectivity index (χ3n) is 5.70. The highest BCUT2D eigenvalue weighted by atomic mass is 35.5. The quantitative estimate of drug-likeness (QED) is 0.253. The molecule has 1 amide bonds. The molecule has 0 bridgehead atoms. The van der Waals surface area contributed by atoms with Gasteiger partial charge in [-0.05, 0) is 60.5 Å². The first-order valence-corrected chi connectivity index (χ1v) is 11.2. The lowest BCUT2D eigenvalue weighted by Crippen LogP contribution is -2.29. The summed E-state index contributed by atoms with van der Waals surface area (Å²) in [6, 6.07) is 12.6. The number of aliphatic hydroxyl groups excluding tert-OH is 1. The van der Waals surface area contributed by atoms with Crippen molar-refractivity contribution in [2.45, 2.75) is 13.0 Å². The van der Waals surface area contributed by atoms with E-state index in [9.17, 15) is 19.1 Å². The summed E-state index contributed by atoms with van der Waals surface area (Å²) >= 11 is 12.3. The zero-order valence-electron chi connectivity index (χ0n) is 18.9. The van der Waals surface area contributed by atoms with Crippen LogP contribution in [-0.2, 0) is 9.59 Å². The molecule has 1 N–H and O–H groups in total. The van der Waals surface area contributed by atoms with Crippen LogP contribution in [0.3, 0.4) is 0 Å². The van der Waals surface area contributed by atoms with Crippen LogP contribution in [0.25, 0.3) is 5.76 Å². The topological polar surface area (TPSA) is 76.1 Å². The van der Waals surface area contributed by atoms with Crippen LogP contribution in [0.1, 0.15) is 22.7 Å². The van der Waals surface area contributed by atoms with E-state index < -0.39 is 29.3 Å². The number of anilines is 1. The van der Waals surface area contributed by atoms with Gasteiger partial charge in [0.05, 0.1) is 41.4 Å². The van der Waals surface area contributed by atoms with Crippen molar-refractivity contribution < 1.29 is 28.6 Å². The van der Waals surface area contributed by atoms with E-state index in [2.05, 4.69) is 0 Å². The van der Waals surface area contributed by atoms with Crippen molar-refractivity contribution in [2.75, 3.05) is 19.1 Å². The molecule has 1 heterocycles. The fraction of sp³-hybridized carbons (Fsp3) is 0.154. The highest BCUT2D eigenvalue weighted by Crippen LogP contribution is 2.45. The Labute approximate surface area is 211 Å². The molecule has 3 aromatic rings. The molecule has 1 aliphatic rings. The summed E-state index contributed by atoms with van der Waals surface area (Å²) in [5.41, 5.74) is 1.38. The number of ketones is 1. The molecule has 0 aromatic heterocycles. The van der Waals surface area contributed by atoms with Crippen molar-refractivity contribution in [2.24, 2.45) is 0 Å². The second kappa shape index (κ2) is 9.60. The fourth-order valence-electron chi connectivity index (χ4n) is 4.09. The van der Waals surface area contributed by atoms with Crippen LogP contribution < -0.4 is 14.4 Å². The van der Waals surface area contributed by atoms with E-state index in [0.717, 1.165) is 6.07 Å². The van der Waals surface area contributed by atoms with Crippen molar-refractivity contribution in [3.05, 3.63) is 92.7 Å². The van der Waals surface area contributed by atoms with E-state index in [1.165, 1.54) is 31.3 Å². The molecule has 6 nitrogen and oxygen atoms in total. The molecule has 1 atom stereocenters. The predicted octanol–water partition coefficient (Wildman–Crippen LogP) is 6.08. The summed E-state index contributed by atoms with van der Waals surface area (Å²) in [6.07, 6.45) is 0. The van der Waals surface area contributed by atoms with Crippen molar-refractivity contribution in [3.8, 4) is 11.5 Å². The Morgan fingerprint density at radius 3 is 2.26 bits per heavy atom. The summed E-state index contributed by atoms with van der Waals surface area (Å²) in [4.78, 5) is 27.7. The van der Waals surface area contributed by atoms with Crippen LogP contribution in [0, 0.1) is 12.7 Å². The van der Waals surface area contributed by atoms with E-state index in [0.29, 0.717) is 16.9 Å². The van der Waals surface area contributed by atoms with Crippen LogP contribution in [0.2, 0.25) is 10.0 Å². The van der Waals surface area contributed by atoms with E-state index in [-0.39, 0.29) is 32.6 Å². The van der Waals surface area contributed by atoms with Crippen LogP contribution >= 0.6 is 23.2 Å². The molecule has 1 aliphatic heterocycles. The van der Waals surface area contributed by atoms with E-state index in [1.54, 1.807) is 43.3 Å². The summed E-state index contributed by atoms with van der Waals surface area (Å²) in [7, 11) is 2.89. The normalized spacial score (nSPS) is 17.1. The van der Waals surface area contributed by atoms with Crippen LogP contribution in [0.5, 0.6) is 11.5 Å². The monoisotopic (exact) mass is 515 g/mol. The van der Waals surface area contributed by atoms with Crippen molar-refractivity contribution in [3.63, 3.8) is 0 Å². The lowest BCUT2D eigenvalue weighted by atomic mass is 9.94. The molecular formula is C26H20Cl2FNO5. The van der Waals surface area contributed by atoms with Gasteiger partial charge >= 0.3 is 0 Å². The number of amides is 1. The van der Waals surface area contributed by atoms with Gasteiger partial charge in [-0.15, -0.1) is 0 Å². The van der Waals surface area contributed by atoms with Crippen LogP contribution in [-0.4, -0.2) is 31.0 Å². The Bertz CT molecular complexity index is 1370. The number of benzene rings is 3. The van der Waals surface area contributed by atoms with Gasteiger partial charge in [0.25, 0.3) is 11.7 Å². The molecule has 4 rings (SSSR count). The molecule has 1 unspecified atom stereocenters. The van der Waals surface area contributed by atoms with Crippen LogP contribution in [0.4, 0.5) is 10.1 Å². The minimum Gasteiger partial charge on any atom is -0.507 e. The van der Waals surface area contributed by atoms with Gasteiger partial charge in [-0.25, -0.2) is 4.39 Å². The van der Waals surface area contributed by atoms with Crippen molar-refractivity contribution in [1.29, 1.82) is 0 Å². The Hall–Kier alpha value is -3.55. The fourth-order valence-corrected chi connectivity index (χ4v) is 4.62. The first kappa shape index (κ1) is 24.6. The number of hydrogen-bond acceptors (Lipinski definition) is 5. The Morgan fingerprint density at radius 2 is 1.66 bits per heavy atom. The third-order valence-corrected chi connectivity index (χ3v) is 6.27. The first-order valence-electron chi connectivity index (χ1n) is 10.4. The SMILES string of the molecule is COc1ccc(C2/C(=C(\O)c3cc(C)cc(Cl)c3OC)C(=O)C(=O)N2c2ccc(F)c(Cl)c2)cc1. The number of rotatable bonds is 5. The Morgan fingerprint density at radius 1 is 0.971 bits per heavy atom. The second-order valence-electron chi connectivity index (χ2n) is 7.87. The maximum atomic E-state index is 13.9. The molecular weight excluding hydrogens is 496 g/mol. The van der Waals surface area contributed by atoms with Crippen molar-refractivity contribution in [1.82, 2.24) is 0 Å². The molecule has 0 aliphatic carbocycles. The smallest absolute Gasteiger partial charge is 0.300 e. The van der Waals surface area contributed by atoms with Gasteiger partial charge in [-0.2, -0.15) is 0 Å². The lowest BCUT2D eigenvalue weighted by Gasteiger charge is -2.26. The molecule has 9 heteroatoms. The standard InChI is InChI=1S/C26H20Cl2FNO5/c1-13-10-17(25(35-3)19(28)11-13)23(31)21-22(14-4-7-16(34-2)8-5-14)30(26(33)24(21)32)15-6-9-20(29)18(27)12-15/h4-12,22,31H,1-3H3/b23-21+. The Kier molecular flexibility index (Phi) is 6.74. The van der Waals surface area contributed by atoms with Gasteiger partial charge in [0.2, 0.25) is 0 Å². The largest absolute Gasteiger partial charge is 0.507 e. The summed E-state index contributed by atoms with van der Waals surface area (Å²) in [5.74, 6) is -2.26. The first-order chi connectivity index (χ1) is 16.7. The molecule has 0 radical (unpaired) electrons. The van der Waals surface area contributed by atoms with Gasteiger partial charge in [0, 0.05) is 5.69 Å². The summed E-state index contributed by atoms with van der Waals surface area (Å²) in [5, 5.41) is 11.4. The number of hydrogen-bond donors (Lipinski definition) is 1. The molecule has 1 fully saturated rings. The molecule has 3 aromatic carbocycles. The maximum Gasteiger partial charge on any atom is 0.300 e. The number of nitrogens with zero attached hydrogens (tertiary/aromatic N) is 1. The maximum absolute atomic E-state index is 13.9. The van der Waals surface area contributed by atoms with E-state index >= 15 is 0 Å². The second-order valence-corrected chi connectivity index (χ2v) is 8.68. The zero-order chi connectivity index (χ0) is 25.4. The van der Waals surface area contributed by atoms with Gasteiger partial charge in [-0.1, -0.05) is 35.3 Å². The van der Waals surface area contributed by atoms with Gasteiger partial charge in [-0.3, -0.25) is 14.5 Å². The van der Waals surface area contributed by atoms with Crippen LogP contribution in [0.15, 0.2) is 60.2 Å².